The van der Waals surface area contributed by atoms with E-state index in [1.54, 1.807) is 24.5 Å². The van der Waals surface area contributed by atoms with Gasteiger partial charge in [0.2, 0.25) is 0 Å². The van der Waals surface area contributed by atoms with Gasteiger partial charge in [0, 0.05) is 11.4 Å². The zero-order valence-electron chi connectivity index (χ0n) is 8.90. The summed E-state index contributed by atoms with van der Waals surface area (Å²) < 4.78 is 6.15. The van der Waals surface area contributed by atoms with Crippen molar-refractivity contribution in [3.63, 3.8) is 0 Å². The number of aryl methyl sites for hydroxylation is 1. The number of carboxylic acids is 1. The van der Waals surface area contributed by atoms with Crippen molar-refractivity contribution >= 4 is 11.9 Å². The number of ether oxygens (including phenoxy) is 1. The Morgan fingerprint density at radius 3 is 2.47 bits per heavy atom. The molecule has 0 bridgehead atoms. The SMILES string of the molecule is COC(=O)Cn1c(C)cc(C(=O)O)c1C. The summed E-state index contributed by atoms with van der Waals surface area (Å²) in [5, 5.41) is 8.87. The molecule has 1 aromatic rings. The fourth-order valence-electron chi connectivity index (χ4n) is 1.45. The van der Waals surface area contributed by atoms with E-state index < -0.39 is 11.9 Å². The van der Waals surface area contributed by atoms with Crippen LogP contribution < -0.4 is 0 Å². The molecule has 0 aromatic carbocycles. The van der Waals surface area contributed by atoms with E-state index in [9.17, 15) is 9.59 Å². The molecule has 82 valence electrons. The molecule has 1 rings (SSSR count). The lowest BCUT2D eigenvalue weighted by molar-refractivity contribution is -0.141. The third-order valence-corrected chi connectivity index (χ3v) is 2.32. The normalized spacial score (nSPS) is 10.1. The Bertz CT molecular complexity index is 406. The standard InChI is InChI=1S/C10H13NO4/c1-6-4-8(10(13)14)7(2)11(6)5-9(12)15-3/h4H,5H2,1-3H3,(H,13,14). The molecule has 0 aliphatic heterocycles. The van der Waals surface area contributed by atoms with Gasteiger partial charge in [0.25, 0.3) is 0 Å². The lowest BCUT2D eigenvalue weighted by Gasteiger charge is -2.07. The van der Waals surface area contributed by atoms with Crippen LogP contribution in [0.4, 0.5) is 0 Å². The molecule has 0 radical (unpaired) electrons. The highest BCUT2D eigenvalue weighted by atomic mass is 16.5. The largest absolute Gasteiger partial charge is 0.478 e. The fraction of sp³-hybridized carbons (Fsp3) is 0.400. The maximum Gasteiger partial charge on any atom is 0.337 e. The van der Waals surface area contributed by atoms with Crippen LogP contribution in [-0.2, 0) is 16.1 Å². The highest BCUT2D eigenvalue weighted by molar-refractivity contribution is 5.89. The van der Waals surface area contributed by atoms with Crippen molar-refractivity contribution in [2.75, 3.05) is 7.11 Å². The number of rotatable bonds is 3. The van der Waals surface area contributed by atoms with E-state index in [4.69, 9.17) is 5.11 Å². The van der Waals surface area contributed by atoms with Crippen molar-refractivity contribution in [1.82, 2.24) is 4.57 Å². The van der Waals surface area contributed by atoms with E-state index in [2.05, 4.69) is 4.74 Å². The van der Waals surface area contributed by atoms with Crippen LogP contribution in [0.15, 0.2) is 6.07 Å². The molecule has 5 nitrogen and oxygen atoms in total. The predicted octanol–water partition coefficient (Wildman–Crippen LogP) is 0.976. The summed E-state index contributed by atoms with van der Waals surface area (Å²) in [5.41, 5.74) is 1.51. The van der Waals surface area contributed by atoms with Gasteiger partial charge in [-0.15, -0.1) is 0 Å². The summed E-state index contributed by atoms with van der Waals surface area (Å²) in [6, 6.07) is 1.54. The first kappa shape index (κ1) is 11.3. The van der Waals surface area contributed by atoms with Gasteiger partial charge in [0.05, 0.1) is 12.7 Å². The molecule has 15 heavy (non-hydrogen) atoms. The number of carbonyl (C=O) groups is 2. The van der Waals surface area contributed by atoms with Crippen LogP contribution in [0.3, 0.4) is 0 Å². The maximum absolute atomic E-state index is 11.1. The molecule has 0 spiro atoms. The molecular weight excluding hydrogens is 198 g/mol. The summed E-state index contributed by atoms with van der Waals surface area (Å²) in [7, 11) is 1.30. The van der Waals surface area contributed by atoms with E-state index in [-0.39, 0.29) is 12.1 Å². The van der Waals surface area contributed by atoms with Crippen molar-refractivity contribution in [3.05, 3.63) is 23.0 Å². The van der Waals surface area contributed by atoms with Crippen molar-refractivity contribution in [1.29, 1.82) is 0 Å². The summed E-state index contributed by atoms with van der Waals surface area (Å²) in [6.45, 7) is 3.46. The zero-order chi connectivity index (χ0) is 11.6. The third kappa shape index (κ3) is 2.18. The first-order valence-electron chi connectivity index (χ1n) is 4.44. The van der Waals surface area contributed by atoms with E-state index in [0.29, 0.717) is 5.69 Å². The van der Waals surface area contributed by atoms with E-state index in [0.717, 1.165) is 5.69 Å². The van der Waals surface area contributed by atoms with Crippen molar-refractivity contribution in [2.45, 2.75) is 20.4 Å². The average molecular weight is 211 g/mol. The van der Waals surface area contributed by atoms with Crippen LogP contribution >= 0.6 is 0 Å². The third-order valence-electron chi connectivity index (χ3n) is 2.32. The Hall–Kier alpha value is -1.78. The Labute approximate surface area is 87.3 Å². The van der Waals surface area contributed by atoms with Crippen LogP contribution in [0.5, 0.6) is 0 Å². The van der Waals surface area contributed by atoms with Crippen LogP contribution in [0.1, 0.15) is 21.7 Å². The van der Waals surface area contributed by atoms with E-state index in [1.165, 1.54) is 7.11 Å². The minimum Gasteiger partial charge on any atom is -0.478 e. The molecule has 0 aliphatic carbocycles. The number of nitrogens with zero attached hydrogens (tertiary/aromatic N) is 1. The molecule has 0 unspecified atom stereocenters. The van der Waals surface area contributed by atoms with Gasteiger partial charge in [-0.1, -0.05) is 0 Å². The minimum absolute atomic E-state index is 0.0431. The number of aromatic carboxylic acids is 1. The van der Waals surface area contributed by atoms with Gasteiger partial charge in [-0.05, 0) is 19.9 Å². The number of carbonyl (C=O) groups excluding carboxylic acids is 1. The minimum atomic E-state index is -0.987. The molecule has 0 aliphatic rings. The van der Waals surface area contributed by atoms with Crippen LogP contribution in [0.25, 0.3) is 0 Å². The number of aromatic nitrogens is 1. The zero-order valence-corrected chi connectivity index (χ0v) is 8.90. The second-order valence-corrected chi connectivity index (χ2v) is 3.25. The van der Waals surface area contributed by atoms with Gasteiger partial charge in [0.15, 0.2) is 0 Å². The quantitative estimate of drug-likeness (QED) is 0.756. The molecule has 0 atom stereocenters. The highest BCUT2D eigenvalue weighted by Crippen LogP contribution is 2.14. The molecule has 0 fully saturated rings. The molecule has 5 heteroatoms. The molecule has 1 N–H and O–H groups in total. The van der Waals surface area contributed by atoms with Crippen molar-refractivity contribution in [2.24, 2.45) is 0 Å². The van der Waals surface area contributed by atoms with Gasteiger partial charge < -0.3 is 14.4 Å². The number of esters is 1. The summed E-state index contributed by atoms with van der Waals surface area (Å²) in [6.07, 6.45) is 0. The monoisotopic (exact) mass is 211 g/mol. The first-order chi connectivity index (χ1) is 6.97. The second-order valence-electron chi connectivity index (χ2n) is 3.25. The Kier molecular flexibility index (Phi) is 3.14. The highest BCUT2D eigenvalue weighted by Gasteiger charge is 2.16. The fourth-order valence-corrected chi connectivity index (χ4v) is 1.45. The van der Waals surface area contributed by atoms with Gasteiger partial charge in [0.1, 0.15) is 6.54 Å². The summed E-state index contributed by atoms with van der Waals surface area (Å²) in [4.78, 5) is 21.9. The Balaban J connectivity index is 3.08. The first-order valence-corrected chi connectivity index (χ1v) is 4.44. The molecule has 0 saturated carbocycles. The average Bonchev–Trinajstić information content (AvgIpc) is 2.45. The summed E-state index contributed by atoms with van der Waals surface area (Å²) >= 11 is 0. The Morgan fingerprint density at radius 2 is 2.07 bits per heavy atom. The van der Waals surface area contributed by atoms with E-state index in [1.807, 2.05) is 0 Å². The van der Waals surface area contributed by atoms with Gasteiger partial charge in [-0.3, -0.25) is 4.79 Å². The van der Waals surface area contributed by atoms with Gasteiger partial charge in [-0.2, -0.15) is 0 Å². The number of hydrogen-bond acceptors (Lipinski definition) is 3. The molecule has 1 aromatic heterocycles. The van der Waals surface area contributed by atoms with Crippen LogP contribution in [0.2, 0.25) is 0 Å². The lowest BCUT2D eigenvalue weighted by atomic mass is 10.2. The topological polar surface area (TPSA) is 68.5 Å². The second kappa shape index (κ2) is 4.16. The number of methoxy groups -OCH3 is 1. The summed E-state index contributed by atoms with van der Waals surface area (Å²) in [5.74, 6) is -1.38. The molecular formula is C10H13NO4. The lowest BCUT2D eigenvalue weighted by Crippen LogP contribution is -2.14. The maximum atomic E-state index is 11.1. The molecule has 0 amide bonds. The smallest absolute Gasteiger partial charge is 0.337 e. The van der Waals surface area contributed by atoms with Crippen LogP contribution in [-0.4, -0.2) is 28.7 Å². The molecule has 1 heterocycles. The predicted molar refractivity (Wildman–Crippen MR) is 52.9 cm³/mol. The Morgan fingerprint density at radius 1 is 1.47 bits per heavy atom. The van der Waals surface area contributed by atoms with Crippen molar-refractivity contribution in [3.8, 4) is 0 Å². The molecule has 0 saturated heterocycles. The van der Waals surface area contributed by atoms with Crippen LogP contribution in [0, 0.1) is 13.8 Å². The number of hydrogen-bond donors (Lipinski definition) is 1. The van der Waals surface area contributed by atoms with Gasteiger partial charge >= 0.3 is 11.9 Å². The number of carboxylic acid groups (broad SMARTS) is 1. The van der Waals surface area contributed by atoms with Gasteiger partial charge in [-0.25, -0.2) is 4.79 Å². The van der Waals surface area contributed by atoms with Crippen molar-refractivity contribution < 1.29 is 19.4 Å². The van der Waals surface area contributed by atoms with E-state index >= 15 is 0 Å².